The summed E-state index contributed by atoms with van der Waals surface area (Å²) in [7, 11) is 0. The lowest BCUT2D eigenvalue weighted by Gasteiger charge is -2.06. The predicted octanol–water partition coefficient (Wildman–Crippen LogP) is 2.58. The van der Waals surface area contributed by atoms with Gasteiger partial charge in [0.25, 0.3) is 0 Å². The Kier molecular flexibility index (Phi) is 8.20. The summed E-state index contributed by atoms with van der Waals surface area (Å²) >= 11 is 2.34. The van der Waals surface area contributed by atoms with Crippen molar-refractivity contribution in [3.8, 4) is 0 Å². The minimum absolute atomic E-state index is 0.266. The van der Waals surface area contributed by atoms with Crippen molar-refractivity contribution < 1.29 is 9.13 Å². The van der Waals surface area contributed by atoms with E-state index in [1.807, 2.05) is 0 Å². The van der Waals surface area contributed by atoms with Gasteiger partial charge in [-0.05, 0) is 12.8 Å². The first-order chi connectivity index (χ1) is 4.81. The van der Waals surface area contributed by atoms with Crippen molar-refractivity contribution in [3.63, 3.8) is 0 Å². The molecule has 0 fully saturated rings. The van der Waals surface area contributed by atoms with E-state index < -0.39 is 0 Å². The molecule has 0 saturated carbocycles. The van der Waals surface area contributed by atoms with Gasteiger partial charge in [0.2, 0.25) is 0 Å². The van der Waals surface area contributed by atoms with E-state index in [0.717, 1.165) is 13.0 Å². The van der Waals surface area contributed by atoms with Crippen LogP contribution in [0.1, 0.15) is 19.8 Å². The predicted molar refractivity (Wildman–Crippen MR) is 49.5 cm³/mol. The zero-order chi connectivity index (χ0) is 7.82. The largest absolute Gasteiger partial charge is 0.380 e. The van der Waals surface area contributed by atoms with Crippen LogP contribution in [0.3, 0.4) is 0 Å². The molecule has 1 atom stereocenters. The van der Waals surface area contributed by atoms with Gasteiger partial charge in [-0.3, -0.25) is 4.39 Å². The summed E-state index contributed by atoms with van der Waals surface area (Å²) in [5, 5.41) is 0. The van der Waals surface area contributed by atoms with E-state index in [-0.39, 0.29) is 6.67 Å². The molecule has 1 nitrogen and oxygen atoms in total. The zero-order valence-corrected chi connectivity index (χ0v) is 8.43. The van der Waals surface area contributed by atoms with Crippen LogP contribution in [0.5, 0.6) is 0 Å². The van der Waals surface area contributed by atoms with Gasteiger partial charge < -0.3 is 4.74 Å². The number of ether oxygens (including phenoxy) is 1. The lowest BCUT2D eigenvalue weighted by atomic mass is 10.4. The molecule has 0 aromatic rings. The highest BCUT2D eigenvalue weighted by molar-refractivity contribution is 14.1. The summed E-state index contributed by atoms with van der Waals surface area (Å²) in [6, 6.07) is 0. The molecular weight excluding hydrogens is 246 g/mol. The van der Waals surface area contributed by atoms with Crippen LogP contribution in [0.25, 0.3) is 0 Å². The average molecular weight is 260 g/mol. The molecule has 0 aliphatic carbocycles. The van der Waals surface area contributed by atoms with Crippen molar-refractivity contribution in [2.45, 2.75) is 23.7 Å². The number of rotatable bonds is 6. The van der Waals surface area contributed by atoms with Crippen molar-refractivity contribution in [1.82, 2.24) is 0 Å². The summed E-state index contributed by atoms with van der Waals surface area (Å²) in [4.78, 5) is 0. The summed E-state index contributed by atoms with van der Waals surface area (Å²) in [5.74, 6) is 0. The molecule has 0 unspecified atom stereocenters. The van der Waals surface area contributed by atoms with Crippen LogP contribution in [0.4, 0.5) is 4.39 Å². The third-order valence-electron chi connectivity index (χ3n) is 1.16. The van der Waals surface area contributed by atoms with Crippen LogP contribution in [0.15, 0.2) is 0 Å². The van der Waals surface area contributed by atoms with Crippen LogP contribution in [-0.2, 0) is 4.74 Å². The first kappa shape index (κ1) is 10.6. The van der Waals surface area contributed by atoms with Crippen molar-refractivity contribution >= 4 is 22.6 Å². The van der Waals surface area contributed by atoms with Crippen LogP contribution in [0, 0.1) is 0 Å². The van der Waals surface area contributed by atoms with Crippen molar-refractivity contribution in [2.75, 3.05) is 19.9 Å². The maximum atomic E-state index is 11.5. The Morgan fingerprint density at radius 2 is 2.30 bits per heavy atom. The fraction of sp³-hybridized carbons (Fsp3) is 1.00. The number of hydrogen-bond acceptors (Lipinski definition) is 1. The molecule has 3 heteroatoms. The third kappa shape index (κ3) is 6.74. The molecule has 10 heavy (non-hydrogen) atoms. The molecule has 0 aliphatic heterocycles. The standard InChI is InChI=1S/C7H14FIO/c1-2-7(9)6-10-5-3-4-8/h7H,2-6H2,1H3/t7-/m1/s1. The summed E-state index contributed by atoms with van der Waals surface area (Å²) in [6.45, 7) is 3.18. The van der Waals surface area contributed by atoms with Gasteiger partial charge in [0.15, 0.2) is 0 Å². The molecule has 62 valence electrons. The van der Waals surface area contributed by atoms with E-state index in [9.17, 15) is 4.39 Å². The molecule has 0 saturated heterocycles. The second-order valence-corrected chi connectivity index (χ2v) is 3.88. The molecule has 0 bridgehead atoms. The van der Waals surface area contributed by atoms with Crippen LogP contribution in [-0.4, -0.2) is 23.8 Å². The van der Waals surface area contributed by atoms with Crippen LogP contribution < -0.4 is 0 Å². The smallest absolute Gasteiger partial charge is 0.0916 e. The topological polar surface area (TPSA) is 9.23 Å². The van der Waals surface area contributed by atoms with E-state index in [4.69, 9.17) is 4.74 Å². The summed E-state index contributed by atoms with van der Waals surface area (Å²) in [6.07, 6.45) is 1.66. The lowest BCUT2D eigenvalue weighted by molar-refractivity contribution is 0.129. The van der Waals surface area contributed by atoms with Gasteiger partial charge in [-0.15, -0.1) is 0 Å². The van der Waals surface area contributed by atoms with Crippen LogP contribution in [0.2, 0.25) is 0 Å². The summed E-state index contributed by atoms with van der Waals surface area (Å²) in [5.41, 5.74) is 0. The lowest BCUT2D eigenvalue weighted by Crippen LogP contribution is -2.08. The van der Waals surface area contributed by atoms with Gasteiger partial charge in [-0.1, -0.05) is 29.5 Å². The van der Waals surface area contributed by atoms with Crippen LogP contribution >= 0.6 is 22.6 Å². The SMILES string of the molecule is CC[C@@H](I)COCCCF. The van der Waals surface area contributed by atoms with E-state index in [2.05, 4.69) is 29.5 Å². The Hall–Kier alpha value is 0.620. The average Bonchev–Trinajstić information content (AvgIpc) is 1.98. The molecule has 0 N–H and O–H groups in total. The first-order valence-corrected chi connectivity index (χ1v) is 4.83. The second kappa shape index (κ2) is 7.72. The molecule has 0 aliphatic rings. The highest BCUT2D eigenvalue weighted by Gasteiger charge is 1.98. The highest BCUT2D eigenvalue weighted by Crippen LogP contribution is 2.04. The molecular formula is C7H14FIO. The molecule has 0 radical (unpaired) electrons. The minimum atomic E-state index is -0.266. The molecule has 0 aromatic carbocycles. The van der Waals surface area contributed by atoms with Gasteiger partial charge in [0, 0.05) is 10.5 Å². The zero-order valence-electron chi connectivity index (χ0n) is 6.28. The monoisotopic (exact) mass is 260 g/mol. The van der Waals surface area contributed by atoms with Gasteiger partial charge >= 0.3 is 0 Å². The summed E-state index contributed by atoms with van der Waals surface area (Å²) < 4.78 is 17.3. The Bertz CT molecular complexity index is 70.6. The normalized spacial score (nSPS) is 13.5. The first-order valence-electron chi connectivity index (χ1n) is 3.59. The second-order valence-electron chi connectivity index (χ2n) is 2.12. The number of hydrogen-bond donors (Lipinski definition) is 0. The Morgan fingerprint density at radius 3 is 2.80 bits per heavy atom. The van der Waals surface area contributed by atoms with Gasteiger partial charge in [-0.2, -0.15) is 0 Å². The van der Waals surface area contributed by atoms with Crippen molar-refractivity contribution in [2.24, 2.45) is 0 Å². The van der Waals surface area contributed by atoms with Gasteiger partial charge in [0.1, 0.15) is 0 Å². The fourth-order valence-corrected chi connectivity index (χ4v) is 0.740. The quantitative estimate of drug-likeness (QED) is 0.405. The maximum Gasteiger partial charge on any atom is 0.0916 e. The molecule has 0 rings (SSSR count). The Labute approximate surface area is 75.5 Å². The fourth-order valence-electron chi connectivity index (χ4n) is 0.486. The molecule has 0 amide bonds. The third-order valence-corrected chi connectivity index (χ3v) is 2.40. The number of alkyl halides is 2. The maximum absolute atomic E-state index is 11.5. The Balaban J connectivity index is 2.89. The Morgan fingerprint density at radius 1 is 1.60 bits per heavy atom. The van der Waals surface area contributed by atoms with Crippen molar-refractivity contribution in [3.05, 3.63) is 0 Å². The van der Waals surface area contributed by atoms with E-state index in [1.54, 1.807) is 0 Å². The van der Waals surface area contributed by atoms with E-state index >= 15 is 0 Å². The highest BCUT2D eigenvalue weighted by atomic mass is 127. The van der Waals surface area contributed by atoms with Gasteiger partial charge in [0.05, 0.1) is 13.3 Å². The molecule has 0 heterocycles. The molecule has 0 aromatic heterocycles. The minimum Gasteiger partial charge on any atom is -0.380 e. The van der Waals surface area contributed by atoms with Gasteiger partial charge in [-0.25, -0.2) is 0 Å². The number of halogens is 2. The van der Waals surface area contributed by atoms with E-state index in [1.165, 1.54) is 0 Å². The van der Waals surface area contributed by atoms with E-state index in [0.29, 0.717) is 17.0 Å². The molecule has 0 spiro atoms. The van der Waals surface area contributed by atoms with Crippen molar-refractivity contribution in [1.29, 1.82) is 0 Å².